The van der Waals surface area contributed by atoms with Crippen LogP contribution < -0.4 is 0 Å². The first kappa shape index (κ1) is 6.97. The van der Waals surface area contributed by atoms with Gasteiger partial charge in [0.05, 0.1) is 23.5 Å². The number of hydrogen-bond acceptors (Lipinski definition) is 3. The third kappa shape index (κ3) is 0.887. The Kier molecular flexibility index (Phi) is 1.40. The molecule has 4 heteroatoms. The molecule has 0 spiro atoms. The van der Waals surface area contributed by atoms with Crippen LogP contribution in [0.3, 0.4) is 0 Å². The molecule has 2 heterocycles. The van der Waals surface area contributed by atoms with Gasteiger partial charge in [-0.05, 0) is 6.92 Å². The van der Waals surface area contributed by atoms with Crippen LogP contribution in [0, 0.1) is 0 Å². The number of fused-ring (bicyclic) bond motifs is 1. The Balaban J connectivity index is 2.79. The summed E-state index contributed by atoms with van der Waals surface area (Å²) in [6, 6.07) is 0. The van der Waals surface area contributed by atoms with Crippen molar-refractivity contribution in [1.29, 1.82) is 0 Å². The molecule has 0 N–H and O–H groups in total. The monoisotopic (exact) mass is 161 g/mol. The molecule has 2 aromatic rings. The van der Waals surface area contributed by atoms with Gasteiger partial charge >= 0.3 is 0 Å². The molecule has 0 fully saturated rings. The molecule has 0 radical (unpaired) electrons. The smallest absolute Gasteiger partial charge is 0.163 e. The highest BCUT2D eigenvalue weighted by atomic mass is 16.1. The van der Waals surface area contributed by atoms with Crippen molar-refractivity contribution in [2.24, 2.45) is 0 Å². The number of nitrogens with zero attached hydrogens (tertiary/aromatic N) is 3. The maximum atomic E-state index is 11.0. The summed E-state index contributed by atoms with van der Waals surface area (Å²) in [6.45, 7) is 1.52. The van der Waals surface area contributed by atoms with Crippen LogP contribution in [-0.4, -0.2) is 20.4 Å². The van der Waals surface area contributed by atoms with E-state index in [4.69, 9.17) is 0 Å². The molecule has 2 rings (SSSR count). The van der Waals surface area contributed by atoms with Gasteiger partial charge in [-0.3, -0.25) is 9.78 Å². The highest BCUT2D eigenvalue weighted by Gasteiger charge is 2.06. The van der Waals surface area contributed by atoms with Gasteiger partial charge in [0.25, 0.3) is 0 Å². The van der Waals surface area contributed by atoms with E-state index in [2.05, 4.69) is 10.1 Å². The topological polar surface area (TPSA) is 47.3 Å². The fourth-order valence-electron chi connectivity index (χ4n) is 1.11. The zero-order valence-electron chi connectivity index (χ0n) is 6.56. The molecule has 0 amide bonds. The van der Waals surface area contributed by atoms with Gasteiger partial charge in [0.15, 0.2) is 5.78 Å². The van der Waals surface area contributed by atoms with Crippen LogP contribution in [0.1, 0.15) is 17.3 Å². The van der Waals surface area contributed by atoms with Crippen molar-refractivity contribution in [1.82, 2.24) is 14.6 Å². The predicted molar refractivity (Wildman–Crippen MR) is 43.0 cm³/mol. The number of carbonyl (C=O) groups excluding carboxylic acids is 1. The molecular formula is C8H7N3O. The molecule has 60 valence electrons. The quantitative estimate of drug-likeness (QED) is 0.584. The number of Topliss-reactive ketones (excluding diaryl/α,β-unsaturated/α-hetero) is 1. The SMILES string of the molecule is CC(=O)c1cnn2ccncc12. The van der Waals surface area contributed by atoms with E-state index in [1.54, 1.807) is 29.3 Å². The number of ketones is 1. The third-order valence-electron chi connectivity index (χ3n) is 1.70. The Morgan fingerprint density at radius 1 is 1.50 bits per heavy atom. The highest BCUT2D eigenvalue weighted by molar-refractivity contribution is 6.00. The van der Waals surface area contributed by atoms with E-state index < -0.39 is 0 Å². The fourth-order valence-corrected chi connectivity index (χ4v) is 1.11. The summed E-state index contributed by atoms with van der Waals surface area (Å²) in [5.74, 6) is 0.0120. The molecule has 0 aliphatic rings. The van der Waals surface area contributed by atoms with Crippen molar-refractivity contribution >= 4 is 11.3 Å². The van der Waals surface area contributed by atoms with Crippen molar-refractivity contribution in [3.05, 3.63) is 30.4 Å². The van der Waals surface area contributed by atoms with E-state index in [-0.39, 0.29) is 5.78 Å². The molecule has 12 heavy (non-hydrogen) atoms. The zero-order valence-corrected chi connectivity index (χ0v) is 6.56. The van der Waals surface area contributed by atoms with Crippen LogP contribution in [0.2, 0.25) is 0 Å². The molecule has 0 saturated carbocycles. The average Bonchev–Trinajstić information content (AvgIpc) is 2.47. The first-order valence-corrected chi connectivity index (χ1v) is 3.57. The number of hydrogen-bond donors (Lipinski definition) is 0. The zero-order chi connectivity index (χ0) is 8.55. The van der Waals surface area contributed by atoms with Gasteiger partial charge in [-0.2, -0.15) is 5.10 Å². The second kappa shape index (κ2) is 2.41. The summed E-state index contributed by atoms with van der Waals surface area (Å²) >= 11 is 0. The van der Waals surface area contributed by atoms with Crippen LogP contribution in [0.4, 0.5) is 0 Å². The first-order chi connectivity index (χ1) is 5.79. The van der Waals surface area contributed by atoms with Crippen molar-refractivity contribution in [2.45, 2.75) is 6.92 Å². The van der Waals surface area contributed by atoms with E-state index in [0.29, 0.717) is 5.56 Å². The lowest BCUT2D eigenvalue weighted by molar-refractivity contribution is 0.101. The highest BCUT2D eigenvalue weighted by Crippen LogP contribution is 2.08. The van der Waals surface area contributed by atoms with Crippen LogP contribution >= 0.6 is 0 Å². The predicted octanol–water partition coefficient (Wildman–Crippen LogP) is 0.932. The van der Waals surface area contributed by atoms with Crippen LogP contribution in [0.15, 0.2) is 24.8 Å². The van der Waals surface area contributed by atoms with Crippen LogP contribution in [-0.2, 0) is 0 Å². The van der Waals surface area contributed by atoms with E-state index in [1.807, 2.05) is 0 Å². The first-order valence-electron chi connectivity index (χ1n) is 3.57. The minimum Gasteiger partial charge on any atom is -0.294 e. The molecule has 0 unspecified atom stereocenters. The molecule has 0 aliphatic heterocycles. The van der Waals surface area contributed by atoms with E-state index >= 15 is 0 Å². The lowest BCUT2D eigenvalue weighted by Crippen LogP contribution is -1.91. The number of aromatic nitrogens is 3. The third-order valence-corrected chi connectivity index (χ3v) is 1.70. The van der Waals surface area contributed by atoms with Crippen LogP contribution in [0.5, 0.6) is 0 Å². The molecule has 0 aromatic carbocycles. The second-order valence-corrected chi connectivity index (χ2v) is 2.52. The van der Waals surface area contributed by atoms with Crippen molar-refractivity contribution < 1.29 is 4.79 Å². The summed E-state index contributed by atoms with van der Waals surface area (Å²) in [6.07, 6.45) is 6.52. The lowest BCUT2D eigenvalue weighted by atomic mass is 10.2. The number of carbonyl (C=O) groups is 1. The molecule has 0 aliphatic carbocycles. The molecule has 0 saturated heterocycles. The van der Waals surface area contributed by atoms with E-state index in [1.165, 1.54) is 6.92 Å². The standard InChI is InChI=1S/C8H7N3O/c1-6(12)7-4-10-11-3-2-9-5-8(7)11/h2-5H,1H3. The summed E-state index contributed by atoms with van der Waals surface area (Å²) < 4.78 is 1.63. The minimum absolute atomic E-state index is 0.0120. The van der Waals surface area contributed by atoms with Gasteiger partial charge < -0.3 is 0 Å². The van der Waals surface area contributed by atoms with Gasteiger partial charge in [-0.1, -0.05) is 0 Å². The Labute approximate surface area is 68.8 Å². The fraction of sp³-hybridized carbons (Fsp3) is 0.125. The molecule has 2 aromatic heterocycles. The second-order valence-electron chi connectivity index (χ2n) is 2.52. The Bertz CT molecular complexity index is 433. The summed E-state index contributed by atoms with van der Waals surface area (Å²) in [4.78, 5) is 15.0. The Hall–Kier alpha value is -1.71. The maximum Gasteiger partial charge on any atom is 0.163 e. The van der Waals surface area contributed by atoms with Crippen molar-refractivity contribution in [2.75, 3.05) is 0 Å². The summed E-state index contributed by atoms with van der Waals surface area (Å²) in [7, 11) is 0. The van der Waals surface area contributed by atoms with Gasteiger partial charge in [-0.25, -0.2) is 4.52 Å². The minimum atomic E-state index is 0.0120. The van der Waals surface area contributed by atoms with Gasteiger partial charge in [0, 0.05) is 12.4 Å². The number of rotatable bonds is 1. The normalized spacial score (nSPS) is 10.4. The average molecular weight is 161 g/mol. The Morgan fingerprint density at radius 3 is 3.08 bits per heavy atom. The maximum absolute atomic E-state index is 11.0. The van der Waals surface area contributed by atoms with E-state index in [0.717, 1.165) is 5.52 Å². The lowest BCUT2D eigenvalue weighted by Gasteiger charge is -1.91. The van der Waals surface area contributed by atoms with Crippen molar-refractivity contribution in [3.63, 3.8) is 0 Å². The van der Waals surface area contributed by atoms with Crippen LogP contribution in [0.25, 0.3) is 5.52 Å². The van der Waals surface area contributed by atoms with Crippen molar-refractivity contribution in [3.8, 4) is 0 Å². The molecule has 0 atom stereocenters. The Morgan fingerprint density at radius 2 is 2.33 bits per heavy atom. The molecule has 4 nitrogen and oxygen atoms in total. The van der Waals surface area contributed by atoms with Gasteiger partial charge in [0.1, 0.15) is 0 Å². The summed E-state index contributed by atoms with van der Waals surface area (Å²) in [5, 5.41) is 4.00. The molecule has 0 bridgehead atoms. The summed E-state index contributed by atoms with van der Waals surface area (Å²) in [5.41, 5.74) is 1.37. The van der Waals surface area contributed by atoms with E-state index in [9.17, 15) is 4.79 Å². The largest absolute Gasteiger partial charge is 0.294 e. The van der Waals surface area contributed by atoms with Gasteiger partial charge in [-0.15, -0.1) is 0 Å². The molecular weight excluding hydrogens is 154 g/mol. The van der Waals surface area contributed by atoms with Gasteiger partial charge in [0.2, 0.25) is 0 Å².